The minimum absolute atomic E-state index is 0.397. The zero-order chi connectivity index (χ0) is 9.26. The number of hydrogen-bond acceptors (Lipinski definition) is 3. The fourth-order valence-corrected chi connectivity index (χ4v) is 1.62. The van der Waals surface area contributed by atoms with E-state index in [9.17, 15) is 0 Å². The first-order chi connectivity index (χ1) is 6.31. The maximum absolute atomic E-state index is 8.55. The molecule has 0 spiro atoms. The second kappa shape index (κ2) is 3.49. The van der Waals surface area contributed by atoms with E-state index in [1.165, 1.54) is 0 Å². The summed E-state index contributed by atoms with van der Waals surface area (Å²) < 4.78 is 6.29. The van der Waals surface area contributed by atoms with Gasteiger partial charge in [-0.15, -0.1) is 0 Å². The van der Waals surface area contributed by atoms with E-state index in [-0.39, 0.29) is 0 Å². The average Bonchev–Trinajstić information content (AvgIpc) is 2.49. The van der Waals surface area contributed by atoms with Gasteiger partial charge in [0.15, 0.2) is 0 Å². The van der Waals surface area contributed by atoms with Gasteiger partial charge in [0.2, 0.25) is 0 Å². The molecule has 1 heterocycles. The number of furan rings is 1. The molecule has 0 fully saturated rings. The van der Waals surface area contributed by atoms with Crippen molar-refractivity contribution in [3.63, 3.8) is 0 Å². The van der Waals surface area contributed by atoms with Crippen LogP contribution in [0.1, 0.15) is 5.56 Å². The van der Waals surface area contributed by atoms with E-state index >= 15 is 0 Å². The molecular formula is C9H8BrNO2. The molecule has 68 valence electrons. The summed E-state index contributed by atoms with van der Waals surface area (Å²) in [7, 11) is 0. The van der Waals surface area contributed by atoms with Gasteiger partial charge in [0.25, 0.3) is 0 Å². The second-order valence-electron chi connectivity index (χ2n) is 2.74. The Balaban J connectivity index is 2.55. The van der Waals surface area contributed by atoms with Crippen molar-refractivity contribution in [3.05, 3.63) is 34.5 Å². The maximum Gasteiger partial charge on any atom is 0.135 e. The predicted octanol–water partition coefficient (Wildman–Crippen LogP) is 2.67. The highest BCUT2D eigenvalue weighted by molar-refractivity contribution is 9.10. The van der Waals surface area contributed by atoms with Crippen molar-refractivity contribution in [2.24, 2.45) is 0 Å². The third-order valence-corrected chi connectivity index (χ3v) is 2.38. The first-order valence-corrected chi connectivity index (χ1v) is 4.63. The van der Waals surface area contributed by atoms with Crippen LogP contribution in [0.2, 0.25) is 0 Å². The van der Waals surface area contributed by atoms with Crippen LogP contribution in [0.5, 0.6) is 0 Å². The topological polar surface area (TPSA) is 45.4 Å². The number of nitrogens with one attached hydrogen (secondary N) is 1. The predicted molar refractivity (Wildman–Crippen MR) is 52.5 cm³/mol. The molecule has 0 saturated heterocycles. The zero-order valence-electron chi connectivity index (χ0n) is 6.75. The van der Waals surface area contributed by atoms with Gasteiger partial charge in [0.05, 0.1) is 6.26 Å². The van der Waals surface area contributed by atoms with Crippen LogP contribution in [0.4, 0.5) is 0 Å². The molecule has 13 heavy (non-hydrogen) atoms. The van der Waals surface area contributed by atoms with Crippen LogP contribution in [0, 0.1) is 0 Å². The third kappa shape index (κ3) is 1.60. The molecule has 0 saturated carbocycles. The van der Waals surface area contributed by atoms with Crippen molar-refractivity contribution in [1.29, 1.82) is 0 Å². The summed E-state index contributed by atoms with van der Waals surface area (Å²) in [6.07, 6.45) is 1.64. The lowest BCUT2D eigenvalue weighted by molar-refractivity contribution is 0.161. The van der Waals surface area contributed by atoms with Crippen LogP contribution >= 0.6 is 15.9 Å². The Hall–Kier alpha value is -0.840. The molecule has 2 aromatic rings. The van der Waals surface area contributed by atoms with Crippen LogP contribution < -0.4 is 5.48 Å². The zero-order valence-corrected chi connectivity index (χ0v) is 8.34. The second-order valence-corrected chi connectivity index (χ2v) is 3.65. The number of hydrogen-bond donors (Lipinski definition) is 2. The first-order valence-electron chi connectivity index (χ1n) is 3.84. The molecule has 0 unspecified atom stereocenters. The Morgan fingerprint density at radius 2 is 2.31 bits per heavy atom. The molecule has 1 aromatic heterocycles. The van der Waals surface area contributed by atoms with Gasteiger partial charge in [-0.05, 0) is 18.2 Å². The summed E-state index contributed by atoms with van der Waals surface area (Å²) in [5, 5.41) is 9.57. The minimum atomic E-state index is 0.397. The summed E-state index contributed by atoms with van der Waals surface area (Å²) in [5.74, 6) is 0. The standard InChI is InChI=1S/C9H8BrNO2/c10-7-1-2-8-6(4-11-12)5-13-9(8)3-7/h1-3,5,11-12H,4H2. The van der Waals surface area contributed by atoms with E-state index in [1.807, 2.05) is 18.2 Å². The summed E-state index contributed by atoms with van der Waals surface area (Å²) in [5.41, 5.74) is 3.87. The first kappa shape index (κ1) is 8.74. The average molecular weight is 242 g/mol. The summed E-state index contributed by atoms with van der Waals surface area (Å²) in [4.78, 5) is 0. The highest BCUT2D eigenvalue weighted by atomic mass is 79.9. The van der Waals surface area contributed by atoms with E-state index in [4.69, 9.17) is 9.62 Å². The summed E-state index contributed by atoms with van der Waals surface area (Å²) in [6, 6.07) is 5.80. The highest BCUT2D eigenvalue weighted by Crippen LogP contribution is 2.24. The molecule has 3 nitrogen and oxygen atoms in total. The lowest BCUT2D eigenvalue weighted by Gasteiger charge is -1.94. The third-order valence-electron chi connectivity index (χ3n) is 1.89. The van der Waals surface area contributed by atoms with Crippen molar-refractivity contribution in [2.45, 2.75) is 6.54 Å². The van der Waals surface area contributed by atoms with Crippen molar-refractivity contribution >= 4 is 26.9 Å². The molecule has 2 N–H and O–H groups in total. The van der Waals surface area contributed by atoms with Gasteiger partial charge in [-0.25, -0.2) is 5.48 Å². The lowest BCUT2D eigenvalue weighted by atomic mass is 10.2. The molecule has 0 aliphatic heterocycles. The Morgan fingerprint density at radius 1 is 1.46 bits per heavy atom. The van der Waals surface area contributed by atoms with Gasteiger partial charge >= 0.3 is 0 Å². The van der Waals surface area contributed by atoms with Gasteiger partial charge in [-0.1, -0.05) is 15.9 Å². The largest absolute Gasteiger partial charge is 0.464 e. The number of hydroxylamine groups is 1. The Labute approximate surface area is 83.4 Å². The molecule has 2 rings (SSSR count). The molecule has 0 bridgehead atoms. The van der Waals surface area contributed by atoms with Crippen LogP contribution in [0.25, 0.3) is 11.0 Å². The van der Waals surface area contributed by atoms with Gasteiger partial charge in [-0.3, -0.25) is 0 Å². The SMILES string of the molecule is ONCc1coc2cc(Br)ccc12. The molecule has 0 atom stereocenters. The number of fused-ring (bicyclic) bond motifs is 1. The summed E-state index contributed by atoms with van der Waals surface area (Å²) in [6.45, 7) is 0.397. The number of rotatable bonds is 2. The van der Waals surface area contributed by atoms with Crippen molar-refractivity contribution in [2.75, 3.05) is 0 Å². The molecule has 0 aliphatic rings. The van der Waals surface area contributed by atoms with E-state index < -0.39 is 0 Å². The van der Waals surface area contributed by atoms with E-state index in [0.717, 1.165) is 21.0 Å². The highest BCUT2D eigenvalue weighted by Gasteiger charge is 2.04. The Morgan fingerprint density at radius 3 is 3.08 bits per heavy atom. The molecule has 0 radical (unpaired) electrons. The van der Waals surface area contributed by atoms with Gasteiger partial charge in [0, 0.05) is 22.0 Å². The van der Waals surface area contributed by atoms with Crippen LogP contribution in [-0.2, 0) is 6.54 Å². The number of halogens is 1. The van der Waals surface area contributed by atoms with E-state index in [0.29, 0.717) is 6.54 Å². The Bertz CT molecular complexity index is 424. The van der Waals surface area contributed by atoms with Gasteiger partial charge < -0.3 is 9.62 Å². The lowest BCUT2D eigenvalue weighted by Crippen LogP contribution is -2.04. The van der Waals surface area contributed by atoms with Gasteiger partial charge in [-0.2, -0.15) is 0 Å². The quantitative estimate of drug-likeness (QED) is 0.795. The molecule has 0 aliphatic carbocycles. The molecule has 1 aromatic carbocycles. The Kier molecular flexibility index (Phi) is 2.35. The van der Waals surface area contributed by atoms with Crippen LogP contribution in [0.3, 0.4) is 0 Å². The van der Waals surface area contributed by atoms with Crippen molar-refractivity contribution in [1.82, 2.24) is 5.48 Å². The van der Waals surface area contributed by atoms with Crippen molar-refractivity contribution in [3.8, 4) is 0 Å². The molecular weight excluding hydrogens is 234 g/mol. The smallest absolute Gasteiger partial charge is 0.135 e. The molecule has 4 heteroatoms. The minimum Gasteiger partial charge on any atom is -0.464 e. The fraction of sp³-hybridized carbons (Fsp3) is 0.111. The monoisotopic (exact) mass is 241 g/mol. The number of benzene rings is 1. The normalized spacial score (nSPS) is 10.9. The maximum atomic E-state index is 8.55. The summed E-state index contributed by atoms with van der Waals surface area (Å²) >= 11 is 3.36. The van der Waals surface area contributed by atoms with Gasteiger partial charge in [0.1, 0.15) is 5.58 Å². The van der Waals surface area contributed by atoms with E-state index in [2.05, 4.69) is 21.4 Å². The fourth-order valence-electron chi connectivity index (χ4n) is 1.28. The van der Waals surface area contributed by atoms with E-state index in [1.54, 1.807) is 6.26 Å². The van der Waals surface area contributed by atoms with Crippen molar-refractivity contribution < 1.29 is 9.62 Å². The molecule has 0 amide bonds. The van der Waals surface area contributed by atoms with Crippen LogP contribution in [-0.4, -0.2) is 5.21 Å². The van der Waals surface area contributed by atoms with Crippen LogP contribution in [0.15, 0.2) is 33.4 Å².